The number of hydrogen-bond acceptors (Lipinski definition) is 4. The summed E-state index contributed by atoms with van der Waals surface area (Å²) in [4.78, 5) is 0.990. The van der Waals surface area contributed by atoms with Gasteiger partial charge in [-0.15, -0.1) is 11.3 Å². The number of halogens is 1. The van der Waals surface area contributed by atoms with Crippen molar-refractivity contribution < 1.29 is 8.42 Å². The zero-order chi connectivity index (χ0) is 13.9. The Kier molecular flexibility index (Phi) is 5.65. The smallest absolute Gasteiger partial charge is 0.151 e. The molecule has 1 aromatic rings. The van der Waals surface area contributed by atoms with Crippen LogP contribution >= 0.6 is 22.9 Å². The van der Waals surface area contributed by atoms with Gasteiger partial charge in [-0.05, 0) is 38.4 Å². The Hall–Kier alpha value is -0.100. The highest BCUT2D eigenvalue weighted by Gasteiger charge is 2.28. The van der Waals surface area contributed by atoms with E-state index in [4.69, 9.17) is 11.6 Å². The van der Waals surface area contributed by atoms with E-state index < -0.39 is 15.1 Å². The van der Waals surface area contributed by atoms with Gasteiger partial charge in [-0.1, -0.05) is 18.5 Å². The van der Waals surface area contributed by atoms with Crippen LogP contribution in [-0.2, 0) is 9.84 Å². The van der Waals surface area contributed by atoms with Gasteiger partial charge in [-0.3, -0.25) is 0 Å². The number of aryl methyl sites for hydroxylation is 1. The molecule has 0 aliphatic rings. The minimum atomic E-state index is -3.08. The normalized spacial score (nSPS) is 15.6. The summed E-state index contributed by atoms with van der Waals surface area (Å²) in [5, 5.41) is 2.85. The van der Waals surface area contributed by atoms with Crippen LogP contribution in [-0.4, -0.2) is 26.5 Å². The Balaban J connectivity index is 3.05. The topological polar surface area (TPSA) is 46.2 Å². The fourth-order valence-electron chi connectivity index (χ4n) is 1.68. The molecule has 0 radical (unpaired) electrons. The lowest BCUT2D eigenvalue weighted by Crippen LogP contribution is -2.34. The van der Waals surface area contributed by atoms with E-state index in [0.717, 1.165) is 27.7 Å². The van der Waals surface area contributed by atoms with Crippen LogP contribution in [0.4, 0.5) is 0 Å². The van der Waals surface area contributed by atoms with E-state index in [0.29, 0.717) is 0 Å². The molecule has 1 rings (SSSR count). The highest BCUT2D eigenvalue weighted by molar-refractivity contribution is 7.91. The van der Waals surface area contributed by atoms with E-state index in [1.807, 2.05) is 13.0 Å². The molecule has 2 unspecified atom stereocenters. The summed E-state index contributed by atoms with van der Waals surface area (Å²) in [5.41, 5.74) is 1.00. The van der Waals surface area contributed by atoms with Crippen molar-refractivity contribution in [1.82, 2.24) is 5.32 Å². The zero-order valence-corrected chi connectivity index (χ0v) is 13.5. The molecule has 0 amide bonds. The molecule has 18 heavy (non-hydrogen) atoms. The number of sulfone groups is 1. The van der Waals surface area contributed by atoms with Crippen molar-refractivity contribution in [2.45, 2.75) is 38.5 Å². The summed E-state index contributed by atoms with van der Waals surface area (Å²) < 4.78 is 24.2. The second kappa shape index (κ2) is 6.37. The Bertz CT molecular complexity index is 477. The zero-order valence-electron chi connectivity index (χ0n) is 11.2. The largest absolute Gasteiger partial charge is 0.308 e. The van der Waals surface area contributed by atoms with Crippen LogP contribution in [0.2, 0.25) is 4.34 Å². The second-order valence-corrected chi connectivity index (χ2v) is 8.66. The Morgan fingerprint density at radius 1 is 1.50 bits per heavy atom. The van der Waals surface area contributed by atoms with Crippen LogP contribution in [0.1, 0.15) is 36.8 Å². The van der Waals surface area contributed by atoms with E-state index >= 15 is 0 Å². The van der Waals surface area contributed by atoms with Gasteiger partial charge >= 0.3 is 0 Å². The maximum atomic E-state index is 11.7. The van der Waals surface area contributed by atoms with E-state index in [9.17, 15) is 8.42 Å². The number of thiophene rings is 1. The predicted octanol–water partition coefficient (Wildman–Crippen LogP) is 3.18. The van der Waals surface area contributed by atoms with Gasteiger partial charge in [-0.25, -0.2) is 8.42 Å². The van der Waals surface area contributed by atoms with E-state index in [1.165, 1.54) is 17.6 Å². The van der Waals surface area contributed by atoms with Crippen molar-refractivity contribution in [3.63, 3.8) is 0 Å². The van der Waals surface area contributed by atoms with Gasteiger partial charge in [0.15, 0.2) is 9.84 Å². The van der Waals surface area contributed by atoms with Crippen LogP contribution < -0.4 is 5.32 Å². The minimum absolute atomic E-state index is 0.184. The standard InChI is InChI=1S/C12H20ClNO2S2/c1-5-6-14-11(9(3)18(4,15)16)10-7-8(2)12(13)17-10/h7,9,11,14H,5-6H2,1-4H3. The van der Waals surface area contributed by atoms with Crippen molar-refractivity contribution in [1.29, 1.82) is 0 Å². The lowest BCUT2D eigenvalue weighted by Gasteiger charge is -2.22. The third kappa shape index (κ3) is 3.95. The van der Waals surface area contributed by atoms with Crippen LogP contribution in [0.5, 0.6) is 0 Å². The molecule has 0 aromatic carbocycles. The number of rotatable bonds is 6. The predicted molar refractivity (Wildman–Crippen MR) is 79.4 cm³/mol. The van der Waals surface area contributed by atoms with Crippen molar-refractivity contribution in [3.05, 3.63) is 20.8 Å². The quantitative estimate of drug-likeness (QED) is 0.878. The maximum absolute atomic E-state index is 11.7. The van der Waals surface area contributed by atoms with Crippen LogP contribution in [0, 0.1) is 6.92 Å². The van der Waals surface area contributed by atoms with Crippen LogP contribution in [0.25, 0.3) is 0 Å². The fourth-order valence-corrected chi connectivity index (χ4v) is 3.90. The molecule has 104 valence electrons. The van der Waals surface area contributed by atoms with Gasteiger partial charge < -0.3 is 5.32 Å². The lowest BCUT2D eigenvalue weighted by molar-refractivity contribution is 0.506. The van der Waals surface area contributed by atoms with Crippen LogP contribution in [0.15, 0.2) is 6.07 Å². The van der Waals surface area contributed by atoms with Gasteiger partial charge in [0, 0.05) is 11.1 Å². The average Bonchev–Trinajstić information content (AvgIpc) is 2.58. The molecule has 1 aromatic heterocycles. The minimum Gasteiger partial charge on any atom is -0.308 e. The summed E-state index contributed by atoms with van der Waals surface area (Å²) >= 11 is 7.52. The molecule has 0 saturated carbocycles. The van der Waals surface area contributed by atoms with Crippen molar-refractivity contribution >= 4 is 32.8 Å². The molecular weight excluding hydrogens is 290 g/mol. The molecular formula is C12H20ClNO2S2. The second-order valence-electron chi connectivity index (χ2n) is 4.57. The Morgan fingerprint density at radius 2 is 2.11 bits per heavy atom. The third-order valence-electron chi connectivity index (χ3n) is 2.94. The van der Waals surface area contributed by atoms with Gasteiger partial charge in [-0.2, -0.15) is 0 Å². The molecule has 0 saturated heterocycles. The lowest BCUT2D eigenvalue weighted by atomic mass is 10.1. The summed E-state index contributed by atoms with van der Waals surface area (Å²) in [6.45, 7) is 6.52. The first-order valence-electron chi connectivity index (χ1n) is 5.95. The highest BCUT2D eigenvalue weighted by Crippen LogP contribution is 2.33. The Morgan fingerprint density at radius 3 is 2.50 bits per heavy atom. The summed E-state index contributed by atoms with van der Waals surface area (Å²) in [6, 6.07) is 1.79. The first-order chi connectivity index (χ1) is 8.27. The average molecular weight is 310 g/mol. The molecule has 0 aliphatic carbocycles. The maximum Gasteiger partial charge on any atom is 0.151 e. The van der Waals surface area contributed by atoms with Crippen LogP contribution in [0.3, 0.4) is 0 Å². The first kappa shape index (κ1) is 16.0. The van der Waals surface area contributed by atoms with E-state index in [1.54, 1.807) is 6.92 Å². The van der Waals surface area contributed by atoms with Crippen molar-refractivity contribution in [2.24, 2.45) is 0 Å². The molecule has 0 aliphatic heterocycles. The molecule has 0 fully saturated rings. The molecule has 0 bridgehead atoms. The number of hydrogen-bond donors (Lipinski definition) is 1. The van der Waals surface area contributed by atoms with E-state index in [-0.39, 0.29) is 6.04 Å². The number of nitrogens with one attached hydrogen (secondary N) is 1. The van der Waals surface area contributed by atoms with Gasteiger partial charge in [0.05, 0.1) is 15.6 Å². The first-order valence-corrected chi connectivity index (χ1v) is 9.10. The highest BCUT2D eigenvalue weighted by atomic mass is 35.5. The third-order valence-corrected chi connectivity index (χ3v) is 6.20. The summed E-state index contributed by atoms with van der Waals surface area (Å²) in [6.07, 6.45) is 2.24. The molecule has 1 N–H and O–H groups in total. The molecule has 6 heteroatoms. The van der Waals surface area contributed by atoms with Crippen molar-refractivity contribution in [3.8, 4) is 0 Å². The molecule has 0 spiro atoms. The van der Waals surface area contributed by atoms with Crippen molar-refractivity contribution in [2.75, 3.05) is 12.8 Å². The SMILES string of the molecule is CCCNC(c1cc(C)c(Cl)s1)C(C)S(C)(=O)=O. The van der Waals surface area contributed by atoms with Gasteiger partial charge in [0.25, 0.3) is 0 Å². The molecule has 1 heterocycles. The summed E-state index contributed by atoms with van der Waals surface area (Å²) in [5.74, 6) is 0. The Labute approximate surface area is 118 Å². The monoisotopic (exact) mass is 309 g/mol. The molecule has 3 nitrogen and oxygen atoms in total. The molecule has 2 atom stereocenters. The van der Waals surface area contributed by atoms with Gasteiger partial charge in [0.2, 0.25) is 0 Å². The fraction of sp³-hybridized carbons (Fsp3) is 0.667. The van der Waals surface area contributed by atoms with Gasteiger partial charge in [0.1, 0.15) is 0 Å². The van der Waals surface area contributed by atoms with E-state index in [2.05, 4.69) is 12.2 Å². The summed E-state index contributed by atoms with van der Waals surface area (Å²) in [7, 11) is -3.08.